The van der Waals surface area contributed by atoms with Gasteiger partial charge >= 0.3 is 0 Å². The molecule has 0 atom stereocenters. The second-order valence-electron chi connectivity index (χ2n) is 5.84. The zero-order valence-electron chi connectivity index (χ0n) is 12.8. The molecular formula is C15H24BrN3O. The van der Waals surface area contributed by atoms with Crippen LogP contribution in [0.1, 0.15) is 55.4 Å². The van der Waals surface area contributed by atoms with E-state index in [2.05, 4.69) is 45.3 Å². The second-order valence-corrected chi connectivity index (χ2v) is 6.63. The van der Waals surface area contributed by atoms with Crippen molar-refractivity contribution in [2.24, 2.45) is 5.41 Å². The van der Waals surface area contributed by atoms with Crippen molar-refractivity contribution in [1.29, 1.82) is 0 Å². The predicted molar refractivity (Wildman–Crippen MR) is 85.3 cm³/mol. The lowest BCUT2D eigenvalue weighted by Gasteiger charge is -2.24. The summed E-state index contributed by atoms with van der Waals surface area (Å²) >= 11 is 3.44. The van der Waals surface area contributed by atoms with Crippen molar-refractivity contribution in [3.05, 3.63) is 23.0 Å². The van der Waals surface area contributed by atoms with Crippen molar-refractivity contribution >= 4 is 21.8 Å². The molecule has 0 aliphatic rings. The molecule has 4 nitrogen and oxygen atoms in total. The Morgan fingerprint density at radius 3 is 2.70 bits per heavy atom. The van der Waals surface area contributed by atoms with Crippen LogP contribution in [-0.2, 0) is 6.42 Å². The van der Waals surface area contributed by atoms with Crippen molar-refractivity contribution in [3.8, 4) is 0 Å². The Kier molecular flexibility index (Phi) is 6.59. The number of carbonyl (C=O) groups excluding carboxylic acids is 1. The number of nitrogens with zero attached hydrogens (tertiary/aromatic N) is 2. The van der Waals surface area contributed by atoms with E-state index in [1.165, 1.54) is 0 Å². The Labute approximate surface area is 129 Å². The van der Waals surface area contributed by atoms with Crippen molar-refractivity contribution < 1.29 is 4.79 Å². The van der Waals surface area contributed by atoms with Crippen molar-refractivity contribution in [2.45, 2.75) is 47.0 Å². The highest BCUT2D eigenvalue weighted by Crippen LogP contribution is 2.22. The lowest BCUT2D eigenvalue weighted by Crippen LogP contribution is -2.34. The van der Waals surface area contributed by atoms with Gasteiger partial charge in [-0.25, -0.2) is 0 Å². The Hall–Kier alpha value is -0.970. The molecule has 0 aromatic carbocycles. The SMILES string of the molecule is CCc1nnc(C)cc1C(=O)NCC(C)(C)CCCBr. The van der Waals surface area contributed by atoms with Crippen LogP contribution in [0.4, 0.5) is 0 Å². The van der Waals surface area contributed by atoms with Gasteiger partial charge < -0.3 is 5.32 Å². The van der Waals surface area contributed by atoms with Crippen LogP contribution in [0.15, 0.2) is 6.07 Å². The molecular weight excluding hydrogens is 318 g/mol. The predicted octanol–water partition coefficient (Wildman–Crippen LogP) is 3.28. The van der Waals surface area contributed by atoms with Crippen LogP contribution >= 0.6 is 15.9 Å². The maximum Gasteiger partial charge on any atom is 0.253 e. The first-order chi connectivity index (χ1) is 9.39. The Bertz CT molecular complexity index is 460. The molecule has 1 amide bonds. The molecule has 5 heteroatoms. The van der Waals surface area contributed by atoms with Crippen LogP contribution in [0.25, 0.3) is 0 Å². The fourth-order valence-corrected chi connectivity index (χ4v) is 2.30. The number of aryl methyl sites for hydroxylation is 2. The average molecular weight is 342 g/mol. The van der Waals surface area contributed by atoms with E-state index in [0.29, 0.717) is 18.5 Å². The van der Waals surface area contributed by atoms with Crippen molar-refractivity contribution in [2.75, 3.05) is 11.9 Å². The van der Waals surface area contributed by atoms with Gasteiger partial charge in [0.05, 0.1) is 17.0 Å². The number of amides is 1. The minimum Gasteiger partial charge on any atom is -0.351 e. The summed E-state index contributed by atoms with van der Waals surface area (Å²) in [4.78, 5) is 12.3. The van der Waals surface area contributed by atoms with Crippen LogP contribution in [0.3, 0.4) is 0 Å². The number of carbonyl (C=O) groups is 1. The maximum atomic E-state index is 12.3. The first-order valence-electron chi connectivity index (χ1n) is 7.07. The first kappa shape index (κ1) is 17.1. The fourth-order valence-electron chi connectivity index (χ4n) is 2.02. The van der Waals surface area contributed by atoms with Gasteiger partial charge in [-0.3, -0.25) is 4.79 Å². The molecule has 1 N–H and O–H groups in total. The molecule has 0 spiro atoms. The minimum atomic E-state index is -0.0493. The van der Waals surface area contributed by atoms with Gasteiger partial charge in [-0.1, -0.05) is 36.7 Å². The normalized spacial score (nSPS) is 11.4. The standard InChI is InChI=1S/C15H24BrN3O/c1-5-13-12(9-11(2)18-19-13)14(20)17-10-15(3,4)7-6-8-16/h9H,5-8,10H2,1-4H3,(H,17,20). The molecule has 1 aromatic heterocycles. The highest BCUT2D eigenvalue weighted by Gasteiger charge is 2.20. The molecule has 0 saturated carbocycles. The molecule has 112 valence electrons. The van der Waals surface area contributed by atoms with Crippen LogP contribution in [0, 0.1) is 12.3 Å². The van der Waals surface area contributed by atoms with E-state index in [9.17, 15) is 4.79 Å². The molecule has 0 saturated heterocycles. The van der Waals surface area contributed by atoms with Crippen molar-refractivity contribution in [3.63, 3.8) is 0 Å². The number of aromatic nitrogens is 2. The first-order valence-corrected chi connectivity index (χ1v) is 8.19. The largest absolute Gasteiger partial charge is 0.351 e. The van der Waals surface area contributed by atoms with Crippen LogP contribution in [0.5, 0.6) is 0 Å². The molecule has 0 aliphatic carbocycles. The smallest absolute Gasteiger partial charge is 0.253 e. The van der Waals surface area contributed by atoms with Gasteiger partial charge in [0.1, 0.15) is 0 Å². The lowest BCUT2D eigenvalue weighted by atomic mass is 9.88. The van der Waals surface area contributed by atoms with E-state index < -0.39 is 0 Å². The van der Waals surface area contributed by atoms with Gasteiger partial charge in [-0.15, -0.1) is 0 Å². The van der Waals surface area contributed by atoms with Gasteiger partial charge in [-0.2, -0.15) is 10.2 Å². The number of rotatable bonds is 7. The molecule has 20 heavy (non-hydrogen) atoms. The van der Waals surface area contributed by atoms with Gasteiger partial charge in [0.2, 0.25) is 0 Å². The third kappa shape index (κ3) is 5.19. The van der Waals surface area contributed by atoms with Gasteiger partial charge in [0, 0.05) is 11.9 Å². The van der Waals surface area contributed by atoms with E-state index in [-0.39, 0.29) is 11.3 Å². The van der Waals surface area contributed by atoms with Gasteiger partial charge in [0.25, 0.3) is 5.91 Å². The molecule has 1 heterocycles. The highest BCUT2D eigenvalue weighted by atomic mass is 79.9. The summed E-state index contributed by atoms with van der Waals surface area (Å²) < 4.78 is 0. The van der Waals surface area contributed by atoms with Gasteiger partial charge in [-0.05, 0) is 37.7 Å². The summed E-state index contributed by atoms with van der Waals surface area (Å²) in [7, 11) is 0. The minimum absolute atomic E-state index is 0.0493. The van der Waals surface area contributed by atoms with Crippen LogP contribution in [0.2, 0.25) is 0 Å². The van der Waals surface area contributed by atoms with E-state index in [1.54, 1.807) is 0 Å². The Morgan fingerprint density at radius 1 is 1.40 bits per heavy atom. The third-order valence-electron chi connectivity index (χ3n) is 3.29. The molecule has 1 rings (SSSR count). The number of alkyl halides is 1. The highest BCUT2D eigenvalue weighted by molar-refractivity contribution is 9.09. The van der Waals surface area contributed by atoms with E-state index in [4.69, 9.17) is 0 Å². The average Bonchev–Trinajstić information content (AvgIpc) is 2.42. The lowest BCUT2D eigenvalue weighted by molar-refractivity contribution is 0.0933. The third-order valence-corrected chi connectivity index (χ3v) is 3.85. The summed E-state index contributed by atoms with van der Waals surface area (Å²) in [6, 6.07) is 1.81. The fraction of sp³-hybridized carbons (Fsp3) is 0.667. The van der Waals surface area contributed by atoms with Gasteiger partial charge in [0.15, 0.2) is 0 Å². The van der Waals surface area contributed by atoms with E-state index >= 15 is 0 Å². The quantitative estimate of drug-likeness (QED) is 0.774. The number of hydrogen-bond acceptors (Lipinski definition) is 3. The Balaban J connectivity index is 2.69. The summed E-state index contributed by atoms with van der Waals surface area (Å²) in [5, 5.41) is 12.1. The molecule has 0 fully saturated rings. The molecule has 0 radical (unpaired) electrons. The molecule has 0 aliphatic heterocycles. The van der Waals surface area contributed by atoms with Crippen molar-refractivity contribution in [1.82, 2.24) is 15.5 Å². The zero-order valence-corrected chi connectivity index (χ0v) is 14.4. The summed E-state index contributed by atoms with van der Waals surface area (Å²) in [5.74, 6) is -0.0493. The molecule has 1 aromatic rings. The van der Waals surface area contributed by atoms with E-state index in [1.807, 2.05) is 19.9 Å². The zero-order chi connectivity index (χ0) is 15.2. The van der Waals surface area contributed by atoms with Crippen LogP contribution < -0.4 is 5.32 Å². The maximum absolute atomic E-state index is 12.3. The van der Waals surface area contributed by atoms with E-state index in [0.717, 1.165) is 29.6 Å². The van der Waals surface area contributed by atoms with Crippen LogP contribution in [-0.4, -0.2) is 28.0 Å². The number of nitrogens with one attached hydrogen (secondary N) is 1. The topological polar surface area (TPSA) is 54.9 Å². The molecule has 0 unspecified atom stereocenters. The summed E-state index contributed by atoms with van der Waals surface area (Å²) in [6.07, 6.45) is 2.90. The summed E-state index contributed by atoms with van der Waals surface area (Å²) in [6.45, 7) is 8.85. The number of halogens is 1. The number of hydrogen-bond donors (Lipinski definition) is 1. The second kappa shape index (κ2) is 7.72. The monoisotopic (exact) mass is 341 g/mol. The molecule has 0 bridgehead atoms. The summed E-state index contributed by atoms with van der Waals surface area (Å²) in [5.41, 5.74) is 2.28. The Morgan fingerprint density at radius 2 is 2.10 bits per heavy atom.